The quantitative estimate of drug-likeness (QED) is 0.703. The number of rotatable bonds is 7. The van der Waals surface area contributed by atoms with Crippen molar-refractivity contribution in [1.29, 1.82) is 0 Å². The van der Waals surface area contributed by atoms with Crippen LogP contribution in [0.4, 0.5) is 5.69 Å². The normalized spacial score (nSPS) is 14.2. The SMILES string of the molecule is COc1cccc(N(CC(=O)NN=C2CCCCC2)S(=O)(=O)c2ccccc2)c1. The molecule has 0 atom stereocenters. The highest BCUT2D eigenvalue weighted by Crippen LogP contribution is 2.26. The van der Waals surface area contributed by atoms with Crippen molar-refractivity contribution < 1.29 is 17.9 Å². The maximum Gasteiger partial charge on any atom is 0.264 e. The van der Waals surface area contributed by atoms with Crippen LogP contribution in [0.1, 0.15) is 32.1 Å². The van der Waals surface area contributed by atoms with Gasteiger partial charge in [-0.1, -0.05) is 30.7 Å². The molecule has 0 radical (unpaired) electrons. The van der Waals surface area contributed by atoms with Crippen LogP contribution in [0.25, 0.3) is 0 Å². The topological polar surface area (TPSA) is 88.1 Å². The van der Waals surface area contributed by atoms with Gasteiger partial charge in [-0.2, -0.15) is 5.10 Å². The summed E-state index contributed by atoms with van der Waals surface area (Å²) in [4.78, 5) is 12.7. The van der Waals surface area contributed by atoms with Gasteiger partial charge in [0.2, 0.25) is 0 Å². The average Bonchev–Trinajstić information content (AvgIpc) is 2.77. The highest BCUT2D eigenvalue weighted by atomic mass is 32.2. The molecule has 1 fully saturated rings. The van der Waals surface area contributed by atoms with Gasteiger partial charge in [0.15, 0.2) is 0 Å². The zero-order valence-corrected chi connectivity index (χ0v) is 17.2. The van der Waals surface area contributed by atoms with E-state index in [2.05, 4.69) is 10.5 Å². The summed E-state index contributed by atoms with van der Waals surface area (Å²) in [6.07, 6.45) is 5.02. The Morgan fingerprint density at radius 1 is 1.07 bits per heavy atom. The van der Waals surface area contributed by atoms with Gasteiger partial charge in [0.05, 0.1) is 17.7 Å². The highest BCUT2D eigenvalue weighted by Gasteiger charge is 2.27. The molecule has 0 bridgehead atoms. The predicted octanol–water partition coefficient (Wildman–Crippen LogP) is 3.33. The molecule has 0 unspecified atom stereocenters. The number of hydrogen-bond acceptors (Lipinski definition) is 5. The van der Waals surface area contributed by atoms with Gasteiger partial charge >= 0.3 is 0 Å². The summed E-state index contributed by atoms with van der Waals surface area (Å²) >= 11 is 0. The molecule has 0 heterocycles. The summed E-state index contributed by atoms with van der Waals surface area (Å²) in [5, 5.41) is 4.19. The van der Waals surface area contributed by atoms with E-state index in [1.165, 1.54) is 25.7 Å². The first-order valence-electron chi connectivity index (χ1n) is 9.57. The van der Waals surface area contributed by atoms with Crippen LogP contribution < -0.4 is 14.5 Å². The van der Waals surface area contributed by atoms with E-state index in [0.717, 1.165) is 35.7 Å². The van der Waals surface area contributed by atoms with Crippen molar-refractivity contribution in [2.45, 2.75) is 37.0 Å². The summed E-state index contributed by atoms with van der Waals surface area (Å²) in [6.45, 7) is -0.388. The molecule has 2 aromatic rings. The lowest BCUT2D eigenvalue weighted by Gasteiger charge is -2.24. The summed E-state index contributed by atoms with van der Waals surface area (Å²) in [5.41, 5.74) is 3.81. The van der Waals surface area contributed by atoms with E-state index in [0.29, 0.717) is 11.4 Å². The molecule has 1 amide bonds. The van der Waals surface area contributed by atoms with Crippen molar-refractivity contribution in [2.75, 3.05) is 18.0 Å². The number of ether oxygens (including phenoxy) is 1. The van der Waals surface area contributed by atoms with Gasteiger partial charge in [-0.3, -0.25) is 9.10 Å². The van der Waals surface area contributed by atoms with Gasteiger partial charge in [0, 0.05) is 11.8 Å². The van der Waals surface area contributed by atoms with E-state index < -0.39 is 15.9 Å². The molecule has 29 heavy (non-hydrogen) atoms. The smallest absolute Gasteiger partial charge is 0.264 e. The standard InChI is InChI=1S/C21H25N3O4S/c1-28-19-12-8-11-18(15-19)24(29(26,27)20-13-6-3-7-14-20)16-21(25)23-22-17-9-4-2-5-10-17/h3,6-8,11-15H,2,4-5,9-10,16H2,1H3,(H,23,25). The van der Waals surface area contributed by atoms with Crippen LogP contribution in [0.5, 0.6) is 5.75 Å². The van der Waals surface area contributed by atoms with Gasteiger partial charge in [0.1, 0.15) is 12.3 Å². The Morgan fingerprint density at radius 2 is 1.79 bits per heavy atom. The molecule has 8 heteroatoms. The lowest BCUT2D eigenvalue weighted by molar-refractivity contribution is -0.119. The fraction of sp³-hybridized carbons (Fsp3) is 0.333. The number of hydrazone groups is 1. The van der Waals surface area contributed by atoms with Crippen molar-refractivity contribution in [3.8, 4) is 5.75 Å². The minimum Gasteiger partial charge on any atom is -0.497 e. The molecule has 3 rings (SSSR count). The molecule has 1 aliphatic rings. The van der Waals surface area contributed by atoms with Crippen molar-refractivity contribution in [1.82, 2.24) is 5.43 Å². The largest absolute Gasteiger partial charge is 0.497 e. The maximum absolute atomic E-state index is 13.2. The number of nitrogens with zero attached hydrogens (tertiary/aromatic N) is 2. The van der Waals surface area contributed by atoms with E-state index in [9.17, 15) is 13.2 Å². The minimum atomic E-state index is -3.95. The Labute approximate surface area is 171 Å². The molecular formula is C21H25N3O4S. The Morgan fingerprint density at radius 3 is 2.48 bits per heavy atom. The monoisotopic (exact) mass is 415 g/mol. The Bertz CT molecular complexity index is 966. The third-order valence-electron chi connectivity index (χ3n) is 4.73. The second-order valence-electron chi connectivity index (χ2n) is 6.80. The van der Waals surface area contributed by atoms with E-state index >= 15 is 0 Å². The van der Waals surface area contributed by atoms with Gasteiger partial charge < -0.3 is 4.74 Å². The first kappa shape index (κ1) is 20.9. The molecular weight excluding hydrogens is 390 g/mol. The lowest BCUT2D eigenvalue weighted by atomic mass is 9.99. The number of hydrogen-bond donors (Lipinski definition) is 1. The summed E-state index contributed by atoms with van der Waals surface area (Å²) < 4.78 is 32.8. The minimum absolute atomic E-state index is 0.106. The number of sulfonamides is 1. The lowest BCUT2D eigenvalue weighted by Crippen LogP contribution is -2.39. The third kappa shape index (κ3) is 5.35. The van der Waals surface area contributed by atoms with Crippen molar-refractivity contribution in [2.24, 2.45) is 5.10 Å². The third-order valence-corrected chi connectivity index (χ3v) is 6.52. The zero-order chi connectivity index (χ0) is 20.7. The summed E-state index contributed by atoms with van der Waals surface area (Å²) in [7, 11) is -2.45. The van der Waals surface area contributed by atoms with Gasteiger partial charge in [0.25, 0.3) is 15.9 Å². The number of methoxy groups -OCH3 is 1. The van der Waals surface area contributed by atoms with Crippen LogP contribution in [0, 0.1) is 0 Å². The van der Waals surface area contributed by atoms with Crippen LogP contribution in [-0.2, 0) is 14.8 Å². The average molecular weight is 416 g/mol. The summed E-state index contributed by atoms with van der Waals surface area (Å²) in [5.74, 6) is 0.00372. The van der Waals surface area contributed by atoms with Crippen LogP contribution in [0.2, 0.25) is 0 Å². The molecule has 1 aliphatic carbocycles. The molecule has 1 saturated carbocycles. The van der Waals surface area contributed by atoms with Crippen molar-refractivity contribution in [3.05, 3.63) is 54.6 Å². The number of carbonyl (C=O) groups excluding carboxylic acids is 1. The molecule has 2 aromatic carbocycles. The first-order chi connectivity index (χ1) is 14.0. The molecule has 154 valence electrons. The Balaban J connectivity index is 1.87. The van der Waals surface area contributed by atoms with Gasteiger partial charge in [-0.25, -0.2) is 13.8 Å². The molecule has 1 N–H and O–H groups in total. The Kier molecular flexibility index (Phi) is 6.87. The van der Waals surface area contributed by atoms with Crippen LogP contribution >= 0.6 is 0 Å². The summed E-state index contributed by atoms with van der Waals surface area (Å²) in [6, 6.07) is 14.6. The highest BCUT2D eigenvalue weighted by molar-refractivity contribution is 7.92. The molecule has 7 nitrogen and oxygen atoms in total. The number of nitrogens with one attached hydrogen (secondary N) is 1. The van der Waals surface area contributed by atoms with Crippen molar-refractivity contribution >= 4 is 27.3 Å². The zero-order valence-electron chi connectivity index (χ0n) is 16.4. The van der Waals surface area contributed by atoms with Crippen LogP contribution in [-0.4, -0.2) is 33.7 Å². The number of amides is 1. The number of anilines is 1. The molecule has 0 aliphatic heterocycles. The van der Waals surface area contributed by atoms with E-state index in [1.807, 2.05) is 0 Å². The van der Waals surface area contributed by atoms with Gasteiger partial charge in [-0.15, -0.1) is 0 Å². The van der Waals surface area contributed by atoms with Crippen molar-refractivity contribution in [3.63, 3.8) is 0 Å². The number of benzene rings is 2. The van der Waals surface area contributed by atoms with E-state index in [-0.39, 0.29) is 11.4 Å². The molecule has 0 aromatic heterocycles. The first-order valence-corrected chi connectivity index (χ1v) is 11.0. The fourth-order valence-corrected chi connectivity index (χ4v) is 4.61. The van der Waals surface area contributed by atoms with E-state index in [4.69, 9.17) is 4.74 Å². The fourth-order valence-electron chi connectivity index (χ4n) is 3.18. The van der Waals surface area contributed by atoms with E-state index in [1.54, 1.807) is 42.5 Å². The Hall–Kier alpha value is -2.87. The molecule has 0 spiro atoms. The second-order valence-corrected chi connectivity index (χ2v) is 8.66. The maximum atomic E-state index is 13.2. The van der Waals surface area contributed by atoms with Gasteiger partial charge in [-0.05, 0) is 49.9 Å². The van der Waals surface area contributed by atoms with Crippen LogP contribution in [0.15, 0.2) is 64.6 Å². The predicted molar refractivity (Wildman–Crippen MR) is 113 cm³/mol. The molecule has 0 saturated heterocycles. The van der Waals surface area contributed by atoms with Crippen LogP contribution in [0.3, 0.4) is 0 Å². The second kappa shape index (κ2) is 9.56. The number of carbonyl (C=O) groups is 1.